The molecule has 0 spiro atoms. The van der Waals surface area contributed by atoms with Gasteiger partial charge in [-0.2, -0.15) is 12.6 Å². The van der Waals surface area contributed by atoms with Crippen molar-refractivity contribution in [3.8, 4) is 0 Å². The molecule has 0 unspecified atom stereocenters. The fourth-order valence-corrected chi connectivity index (χ4v) is 2.77. The van der Waals surface area contributed by atoms with Gasteiger partial charge in [-0.15, -0.1) is 0 Å². The molecule has 38 heavy (non-hydrogen) atoms. The Hall–Kier alpha value is -4.13. The van der Waals surface area contributed by atoms with Gasteiger partial charge in [-0.3, -0.25) is 38.6 Å². The zero-order valence-corrected chi connectivity index (χ0v) is 21.3. The molecule has 0 aliphatic rings. The van der Waals surface area contributed by atoms with Crippen LogP contribution in [0.5, 0.6) is 0 Å². The van der Waals surface area contributed by atoms with Gasteiger partial charge in [-0.25, -0.2) is 0 Å². The monoisotopic (exact) mass is 562 g/mol. The maximum atomic E-state index is 12.6. The van der Waals surface area contributed by atoms with E-state index < -0.39 is 85.6 Å². The molecule has 0 fully saturated rings. The molecule has 6 amide bonds. The number of nitrogens with two attached hydrogens (primary N) is 4. The lowest BCUT2D eigenvalue weighted by Crippen LogP contribution is -2.55. The number of aliphatic carboxylic acids is 1. The summed E-state index contributed by atoms with van der Waals surface area (Å²) in [5.41, 5.74) is 21.2. The molecule has 214 valence electrons. The molecule has 19 heteroatoms. The third kappa shape index (κ3) is 15.8. The first-order valence-electron chi connectivity index (χ1n) is 11.1. The van der Waals surface area contributed by atoms with Crippen molar-refractivity contribution in [2.24, 2.45) is 27.9 Å². The summed E-state index contributed by atoms with van der Waals surface area (Å²) in [7, 11) is 0. The van der Waals surface area contributed by atoms with E-state index in [0.29, 0.717) is 6.42 Å². The predicted molar refractivity (Wildman–Crippen MR) is 136 cm³/mol. The van der Waals surface area contributed by atoms with Crippen LogP contribution < -0.4 is 49.5 Å². The van der Waals surface area contributed by atoms with Gasteiger partial charge in [0.1, 0.15) is 18.6 Å². The zero-order valence-electron chi connectivity index (χ0n) is 20.4. The van der Waals surface area contributed by atoms with Gasteiger partial charge in [0.2, 0.25) is 35.4 Å². The first-order chi connectivity index (χ1) is 17.8. The molecule has 0 saturated carbocycles. The fraction of sp³-hybridized carbons (Fsp3) is 0.579. The maximum absolute atomic E-state index is 12.6. The van der Waals surface area contributed by atoms with Gasteiger partial charge in [0.15, 0.2) is 5.96 Å². The number of hydrogen-bond acceptors (Lipinski definition) is 10. The van der Waals surface area contributed by atoms with E-state index in [1.165, 1.54) is 0 Å². The minimum Gasteiger partial charge on any atom is -0.480 e. The SMILES string of the molecule is NC(=O)C[C@@H](NC(=O)CNC(=O)[C@@H](CCCN=C(N)N)NC(=O)[C@@H](N)CS)C(=O)NCC(=O)NCC(=O)O. The Morgan fingerprint density at radius 1 is 0.789 bits per heavy atom. The summed E-state index contributed by atoms with van der Waals surface area (Å²) in [5, 5.41) is 19.6. The lowest BCUT2D eigenvalue weighted by atomic mass is 10.1. The number of hydrogen-bond donors (Lipinski definition) is 11. The molecule has 0 bridgehead atoms. The quantitative estimate of drug-likeness (QED) is 0.0323. The second-order valence-electron chi connectivity index (χ2n) is 7.70. The number of amides is 6. The largest absolute Gasteiger partial charge is 0.480 e. The van der Waals surface area contributed by atoms with E-state index in [2.05, 4.69) is 38.9 Å². The highest BCUT2D eigenvalue weighted by Crippen LogP contribution is 2.00. The molecule has 0 aromatic heterocycles. The van der Waals surface area contributed by atoms with Gasteiger partial charge in [-0.1, -0.05) is 0 Å². The summed E-state index contributed by atoms with van der Waals surface area (Å²) in [5.74, 6) is -6.48. The van der Waals surface area contributed by atoms with Crippen molar-refractivity contribution in [3.63, 3.8) is 0 Å². The number of carboxylic acids is 1. The molecule has 18 nitrogen and oxygen atoms in total. The number of nitrogens with zero attached hydrogens (tertiary/aromatic N) is 1. The molecule has 0 rings (SSSR count). The topological polar surface area (TPSA) is 316 Å². The summed E-state index contributed by atoms with van der Waals surface area (Å²) in [6.45, 7) is -1.80. The van der Waals surface area contributed by atoms with Gasteiger partial charge in [-0.05, 0) is 12.8 Å². The van der Waals surface area contributed by atoms with E-state index in [-0.39, 0.29) is 24.7 Å². The lowest BCUT2D eigenvalue weighted by molar-refractivity contribution is -0.138. The van der Waals surface area contributed by atoms with Crippen molar-refractivity contribution in [1.29, 1.82) is 0 Å². The number of carbonyl (C=O) groups excluding carboxylic acids is 6. The van der Waals surface area contributed by atoms with Crippen LogP contribution in [0.1, 0.15) is 19.3 Å². The van der Waals surface area contributed by atoms with E-state index in [9.17, 15) is 33.6 Å². The second-order valence-corrected chi connectivity index (χ2v) is 8.06. The van der Waals surface area contributed by atoms with Crippen molar-refractivity contribution in [2.75, 3.05) is 31.9 Å². The summed E-state index contributed by atoms with van der Waals surface area (Å²) in [4.78, 5) is 86.5. The molecule has 0 radical (unpaired) electrons. The average molecular weight is 563 g/mol. The summed E-state index contributed by atoms with van der Waals surface area (Å²) in [6, 6.07) is -3.59. The van der Waals surface area contributed by atoms with Gasteiger partial charge in [0.25, 0.3) is 0 Å². The molecule has 0 saturated heterocycles. The van der Waals surface area contributed by atoms with E-state index in [1.807, 2.05) is 5.32 Å². The van der Waals surface area contributed by atoms with Crippen LogP contribution in [0.3, 0.4) is 0 Å². The highest BCUT2D eigenvalue weighted by Gasteiger charge is 2.26. The normalized spacial score (nSPS) is 12.6. The Balaban J connectivity index is 5.06. The minimum atomic E-state index is -1.49. The molecule has 14 N–H and O–H groups in total. The molecule has 0 aromatic rings. The van der Waals surface area contributed by atoms with E-state index in [4.69, 9.17) is 28.0 Å². The van der Waals surface area contributed by atoms with Gasteiger partial charge in [0, 0.05) is 12.3 Å². The van der Waals surface area contributed by atoms with Gasteiger partial charge in [0.05, 0.1) is 25.6 Å². The Morgan fingerprint density at radius 2 is 1.37 bits per heavy atom. The third-order valence-corrected chi connectivity index (χ3v) is 4.85. The van der Waals surface area contributed by atoms with Crippen LogP contribution in [0.2, 0.25) is 0 Å². The number of rotatable bonds is 18. The second kappa shape index (κ2) is 18.2. The zero-order chi connectivity index (χ0) is 29.3. The molecular formula is C19H34N10O8S. The smallest absolute Gasteiger partial charge is 0.322 e. The summed E-state index contributed by atoms with van der Waals surface area (Å²) in [6.07, 6.45) is -0.251. The predicted octanol–water partition coefficient (Wildman–Crippen LogP) is -6.42. The van der Waals surface area contributed by atoms with Gasteiger partial charge >= 0.3 is 5.97 Å². The maximum Gasteiger partial charge on any atom is 0.322 e. The van der Waals surface area contributed by atoms with E-state index >= 15 is 0 Å². The Kier molecular flexibility index (Phi) is 16.2. The standard InChI is InChI=1S/C19H34N10O8S/c20-9(8-38)16(35)29-10(2-1-3-24-19(22)23)17(36)27-6-14(32)28-11(4-12(21)30)18(37)26-5-13(31)25-7-15(33)34/h9-11,38H,1-8,20H2,(H2,21,30)(H,25,31)(H,26,37)(H,27,36)(H,28,32)(H,29,35)(H,33,34)(H4,22,23,24)/t9-,10+,11+/m0/s1. The lowest BCUT2D eigenvalue weighted by Gasteiger charge is -2.21. The molecule has 3 atom stereocenters. The number of primary amides is 1. The van der Waals surface area contributed by atoms with Crippen molar-refractivity contribution in [3.05, 3.63) is 0 Å². The fourth-order valence-electron chi connectivity index (χ4n) is 2.61. The van der Waals surface area contributed by atoms with Crippen molar-refractivity contribution in [2.45, 2.75) is 37.4 Å². The molecule has 0 heterocycles. The first-order valence-corrected chi connectivity index (χ1v) is 11.7. The van der Waals surface area contributed by atoms with Crippen LogP contribution >= 0.6 is 12.6 Å². The van der Waals surface area contributed by atoms with Crippen LogP contribution in [0, 0.1) is 0 Å². The van der Waals surface area contributed by atoms with Crippen LogP contribution in [-0.2, 0) is 33.6 Å². The van der Waals surface area contributed by atoms with Crippen molar-refractivity contribution < 1.29 is 38.7 Å². The molecule has 0 aliphatic heterocycles. The number of aliphatic imine (C=N–C) groups is 1. The van der Waals surface area contributed by atoms with E-state index in [0.717, 1.165) is 0 Å². The molecule has 0 aliphatic carbocycles. The summed E-state index contributed by atoms with van der Waals surface area (Å²) >= 11 is 3.93. The molecular weight excluding hydrogens is 528 g/mol. The highest BCUT2D eigenvalue weighted by atomic mass is 32.1. The third-order valence-electron chi connectivity index (χ3n) is 4.45. The summed E-state index contributed by atoms with van der Waals surface area (Å²) < 4.78 is 0. The van der Waals surface area contributed by atoms with E-state index in [1.54, 1.807) is 0 Å². The van der Waals surface area contributed by atoms with Crippen molar-refractivity contribution in [1.82, 2.24) is 26.6 Å². The van der Waals surface area contributed by atoms with Crippen molar-refractivity contribution >= 4 is 60.0 Å². The van der Waals surface area contributed by atoms with Crippen LogP contribution in [0.15, 0.2) is 4.99 Å². The average Bonchev–Trinajstić information content (AvgIpc) is 2.84. The molecule has 0 aromatic carbocycles. The Bertz CT molecular complexity index is 912. The number of carboxylic acid groups (broad SMARTS) is 1. The van der Waals surface area contributed by atoms with Crippen LogP contribution in [-0.4, -0.2) is 103 Å². The number of carbonyl (C=O) groups is 7. The van der Waals surface area contributed by atoms with Gasteiger partial charge < -0.3 is 54.6 Å². The number of thiol groups is 1. The Labute approximate surface area is 222 Å². The Morgan fingerprint density at radius 3 is 1.89 bits per heavy atom. The van der Waals surface area contributed by atoms with Crippen LogP contribution in [0.25, 0.3) is 0 Å². The first kappa shape index (κ1) is 33.9. The number of nitrogens with one attached hydrogen (secondary N) is 5. The van der Waals surface area contributed by atoms with Crippen LogP contribution in [0.4, 0.5) is 0 Å². The highest BCUT2D eigenvalue weighted by molar-refractivity contribution is 7.80. The minimum absolute atomic E-state index is 0.0150. The number of guanidine groups is 1.